The lowest BCUT2D eigenvalue weighted by atomic mass is 9.80. The average Bonchev–Trinajstić information content (AvgIpc) is 1.75. The number of hydrogen-bond donors (Lipinski definition) is 1. The quantitative estimate of drug-likeness (QED) is 0.726. The second-order valence-electron chi connectivity index (χ2n) is 6.80. The highest BCUT2D eigenvalue weighted by Gasteiger charge is 2.26. The Kier molecular flexibility index (Phi) is 3.63. The van der Waals surface area contributed by atoms with Gasteiger partial charge in [-0.05, 0) is 51.0 Å². The molecule has 0 bridgehead atoms. The first-order valence-corrected chi connectivity index (χ1v) is 6.04. The van der Waals surface area contributed by atoms with Gasteiger partial charge in [-0.15, -0.1) is 0 Å². The SMILES string of the molecule is CC(C)(C)CC(C)(C)NCC1CCC1. The summed E-state index contributed by atoms with van der Waals surface area (Å²) in [6, 6.07) is 0. The van der Waals surface area contributed by atoms with Crippen molar-refractivity contribution in [1.82, 2.24) is 5.32 Å². The van der Waals surface area contributed by atoms with Gasteiger partial charge in [0.15, 0.2) is 0 Å². The van der Waals surface area contributed by atoms with Gasteiger partial charge in [-0.25, -0.2) is 0 Å². The Hall–Kier alpha value is -0.0400. The number of rotatable bonds is 4. The summed E-state index contributed by atoms with van der Waals surface area (Å²) in [6.07, 6.45) is 5.58. The van der Waals surface area contributed by atoms with E-state index in [2.05, 4.69) is 39.9 Å². The maximum atomic E-state index is 3.72. The van der Waals surface area contributed by atoms with Crippen LogP contribution in [-0.2, 0) is 0 Å². The highest BCUT2D eigenvalue weighted by molar-refractivity contribution is 4.85. The standard InChI is InChI=1S/C13H27N/c1-12(2,3)10-13(4,5)14-9-11-7-6-8-11/h11,14H,6-10H2,1-5H3. The Bertz CT molecular complexity index is 172. The summed E-state index contributed by atoms with van der Waals surface area (Å²) in [5.74, 6) is 0.967. The molecule has 1 saturated carbocycles. The van der Waals surface area contributed by atoms with Crippen molar-refractivity contribution >= 4 is 0 Å². The normalized spacial score (nSPS) is 19.5. The van der Waals surface area contributed by atoms with E-state index in [1.54, 1.807) is 0 Å². The topological polar surface area (TPSA) is 12.0 Å². The van der Waals surface area contributed by atoms with Crippen LogP contribution in [0.5, 0.6) is 0 Å². The van der Waals surface area contributed by atoms with Crippen LogP contribution in [-0.4, -0.2) is 12.1 Å². The van der Waals surface area contributed by atoms with Crippen LogP contribution in [0.4, 0.5) is 0 Å². The van der Waals surface area contributed by atoms with Crippen LogP contribution in [0.15, 0.2) is 0 Å². The fourth-order valence-corrected chi connectivity index (χ4v) is 2.51. The van der Waals surface area contributed by atoms with Crippen molar-refractivity contribution in [3.05, 3.63) is 0 Å². The van der Waals surface area contributed by atoms with Crippen LogP contribution < -0.4 is 5.32 Å². The zero-order valence-corrected chi connectivity index (χ0v) is 10.6. The molecule has 14 heavy (non-hydrogen) atoms. The third-order valence-corrected chi connectivity index (χ3v) is 3.07. The lowest BCUT2D eigenvalue weighted by Gasteiger charge is -2.36. The first kappa shape index (κ1) is 12.0. The molecule has 1 N–H and O–H groups in total. The van der Waals surface area contributed by atoms with Crippen molar-refractivity contribution < 1.29 is 0 Å². The molecule has 1 aliphatic carbocycles. The van der Waals surface area contributed by atoms with Crippen molar-refractivity contribution in [2.75, 3.05) is 6.54 Å². The average molecular weight is 197 g/mol. The van der Waals surface area contributed by atoms with Gasteiger partial charge in [0.05, 0.1) is 0 Å². The highest BCUT2D eigenvalue weighted by Crippen LogP contribution is 2.29. The fraction of sp³-hybridized carbons (Fsp3) is 1.00. The lowest BCUT2D eigenvalue weighted by Crippen LogP contribution is -2.45. The lowest BCUT2D eigenvalue weighted by molar-refractivity contribution is 0.209. The molecule has 84 valence electrons. The molecule has 1 aliphatic rings. The zero-order valence-electron chi connectivity index (χ0n) is 10.6. The summed E-state index contributed by atoms with van der Waals surface area (Å²) in [5, 5.41) is 3.72. The van der Waals surface area contributed by atoms with Crippen LogP contribution in [0.3, 0.4) is 0 Å². The summed E-state index contributed by atoms with van der Waals surface area (Å²) < 4.78 is 0. The van der Waals surface area contributed by atoms with Crippen LogP contribution in [0.1, 0.15) is 60.3 Å². The smallest absolute Gasteiger partial charge is 0.0130 e. The minimum Gasteiger partial charge on any atom is -0.311 e. The van der Waals surface area contributed by atoms with E-state index in [1.165, 1.54) is 32.2 Å². The van der Waals surface area contributed by atoms with Gasteiger partial charge in [0, 0.05) is 5.54 Å². The largest absolute Gasteiger partial charge is 0.311 e. The van der Waals surface area contributed by atoms with Crippen molar-refractivity contribution in [3.8, 4) is 0 Å². The van der Waals surface area contributed by atoms with E-state index in [-0.39, 0.29) is 0 Å². The highest BCUT2D eigenvalue weighted by atomic mass is 15.0. The molecular formula is C13H27N. The van der Waals surface area contributed by atoms with Gasteiger partial charge < -0.3 is 5.32 Å². The third-order valence-electron chi connectivity index (χ3n) is 3.07. The number of nitrogens with one attached hydrogen (secondary N) is 1. The van der Waals surface area contributed by atoms with E-state index in [9.17, 15) is 0 Å². The molecule has 0 atom stereocenters. The minimum absolute atomic E-state index is 0.299. The summed E-state index contributed by atoms with van der Waals surface area (Å²) in [4.78, 5) is 0. The van der Waals surface area contributed by atoms with Gasteiger partial charge in [-0.3, -0.25) is 0 Å². The van der Waals surface area contributed by atoms with Gasteiger partial charge in [-0.2, -0.15) is 0 Å². The molecule has 0 aromatic rings. The molecule has 1 rings (SSSR count). The maximum Gasteiger partial charge on any atom is 0.0130 e. The second kappa shape index (κ2) is 4.22. The van der Waals surface area contributed by atoms with Gasteiger partial charge in [-0.1, -0.05) is 27.2 Å². The monoisotopic (exact) mass is 197 g/mol. The molecule has 0 aromatic carbocycles. The molecule has 0 heterocycles. The van der Waals surface area contributed by atoms with Gasteiger partial charge in [0.25, 0.3) is 0 Å². The Morgan fingerprint density at radius 3 is 2.00 bits per heavy atom. The molecule has 0 amide bonds. The van der Waals surface area contributed by atoms with E-state index in [0.29, 0.717) is 11.0 Å². The van der Waals surface area contributed by atoms with Crippen molar-refractivity contribution in [1.29, 1.82) is 0 Å². The molecular weight excluding hydrogens is 170 g/mol. The van der Waals surface area contributed by atoms with Gasteiger partial charge >= 0.3 is 0 Å². The molecule has 0 saturated heterocycles. The van der Waals surface area contributed by atoms with Crippen LogP contribution in [0, 0.1) is 11.3 Å². The van der Waals surface area contributed by atoms with Crippen LogP contribution in [0.25, 0.3) is 0 Å². The second-order valence-corrected chi connectivity index (χ2v) is 6.80. The predicted molar refractivity (Wildman–Crippen MR) is 63.5 cm³/mol. The van der Waals surface area contributed by atoms with Crippen LogP contribution in [0.2, 0.25) is 0 Å². The molecule has 0 radical (unpaired) electrons. The van der Waals surface area contributed by atoms with E-state index in [1.807, 2.05) is 0 Å². The molecule has 1 heteroatoms. The first-order valence-electron chi connectivity index (χ1n) is 6.04. The maximum absolute atomic E-state index is 3.72. The van der Waals surface area contributed by atoms with E-state index < -0.39 is 0 Å². The third kappa shape index (κ3) is 4.45. The first-order chi connectivity index (χ1) is 6.29. The Morgan fingerprint density at radius 2 is 1.64 bits per heavy atom. The minimum atomic E-state index is 0.299. The summed E-state index contributed by atoms with van der Waals surface area (Å²) >= 11 is 0. The molecule has 0 aliphatic heterocycles. The zero-order chi connectivity index (χ0) is 10.8. The van der Waals surface area contributed by atoms with Crippen LogP contribution >= 0.6 is 0 Å². The summed E-state index contributed by atoms with van der Waals surface area (Å²) in [5.41, 5.74) is 0.726. The number of hydrogen-bond acceptors (Lipinski definition) is 1. The Morgan fingerprint density at radius 1 is 1.07 bits per heavy atom. The fourth-order valence-electron chi connectivity index (χ4n) is 2.51. The van der Waals surface area contributed by atoms with Crippen molar-refractivity contribution in [3.63, 3.8) is 0 Å². The molecule has 0 aromatic heterocycles. The summed E-state index contributed by atoms with van der Waals surface area (Å²) in [7, 11) is 0. The van der Waals surface area contributed by atoms with Crippen molar-refractivity contribution in [2.45, 2.75) is 65.8 Å². The Balaban J connectivity index is 2.25. The Labute approximate surface area is 89.7 Å². The van der Waals surface area contributed by atoms with E-state index in [4.69, 9.17) is 0 Å². The van der Waals surface area contributed by atoms with Gasteiger partial charge in [0.2, 0.25) is 0 Å². The van der Waals surface area contributed by atoms with Crippen molar-refractivity contribution in [2.24, 2.45) is 11.3 Å². The van der Waals surface area contributed by atoms with E-state index >= 15 is 0 Å². The predicted octanol–water partition coefficient (Wildman–Crippen LogP) is 3.59. The molecule has 1 nitrogen and oxygen atoms in total. The molecule has 1 fully saturated rings. The molecule has 0 unspecified atom stereocenters. The van der Waals surface area contributed by atoms with Gasteiger partial charge in [0.1, 0.15) is 0 Å². The van der Waals surface area contributed by atoms with E-state index in [0.717, 1.165) is 5.92 Å². The molecule has 0 spiro atoms. The summed E-state index contributed by atoms with van der Waals surface area (Å²) in [6.45, 7) is 12.8.